The number of aryl methyl sites for hydroxylation is 1. The molecule has 9 heteroatoms. The topological polar surface area (TPSA) is 105 Å². The lowest BCUT2D eigenvalue weighted by molar-refractivity contribution is 0.0712. The van der Waals surface area contributed by atoms with E-state index in [2.05, 4.69) is 15.6 Å². The lowest BCUT2D eigenvalue weighted by atomic mass is 9.89. The average molecular weight is 543 g/mol. The van der Waals surface area contributed by atoms with Crippen molar-refractivity contribution >= 4 is 40.7 Å². The zero-order valence-electron chi connectivity index (χ0n) is 21.3. The van der Waals surface area contributed by atoms with Crippen LogP contribution < -0.4 is 10.6 Å². The van der Waals surface area contributed by atoms with E-state index < -0.39 is 0 Å². The molecular weight excluding hydrogens is 516 g/mol. The van der Waals surface area contributed by atoms with Gasteiger partial charge in [0.1, 0.15) is 5.15 Å². The second-order valence-corrected chi connectivity index (χ2v) is 9.86. The van der Waals surface area contributed by atoms with Crippen LogP contribution in [0.1, 0.15) is 61.2 Å². The van der Waals surface area contributed by atoms with Gasteiger partial charge in [0.15, 0.2) is 5.76 Å². The summed E-state index contributed by atoms with van der Waals surface area (Å²) in [4.78, 5) is 43.7. The van der Waals surface area contributed by atoms with Crippen LogP contribution in [0.5, 0.6) is 0 Å². The van der Waals surface area contributed by atoms with Crippen LogP contribution in [-0.4, -0.2) is 40.7 Å². The fourth-order valence-corrected chi connectivity index (χ4v) is 4.83. The largest absolute Gasteiger partial charge is 0.459 e. The van der Waals surface area contributed by atoms with Crippen molar-refractivity contribution in [1.29, 1.82) is 0 Å². The zero-order valence-corrected chi connectivity index (χ0v) is 22.1. The van der Waals surface area contributed by atoms with Crippen molar-refractivity contribution in [3.05, 3.63) is 112 Å². The molecule has 1 aliphatic heterocycles. The number of hydrogen-bond donors (Lipinski definition) is 2. The first-order valence-corrected chi connectivity index (χ1v) is 13.0. The van der Waals surface area contributed by atoms with Gasteiger partial charge in [-0.2, -0.15) is 0 Å². The van der Waals surface area contributed by atoms with Gasteiger partial charge in [0.25, 0.3) is 17.7 Å². The van der Waals surface area contributed by atoms with E-state index in [1.807, 2.05) is 36.1 Å². The lowest BCUT2D eigenvalue weighted by Crippen LogP contribution is -2.37. The monoisotopic (exact) mass is 542 g/mol. The van der Waals surface area contributed by atoms with Crippen LogP contribution in [0.25, 0.3) is 0 Å². The van der Waals surface area contributed by atoms with Gasteiger partial charge in [-0.25, -0.2) is 4.98 Å². The smallest absolute Gasteiger partial charge is 0.291 e. The van der Waals surface area contributed by atoms with Gasteiger partial charge in [-0.05, 0) is 91.4 Å². The highest BCUT2D eigenvalue weighted by molar-refractivity contribution is 6.33. The van der Waals surface area contributed by atoms with Crippen LogP contribution in [0, 0.1) is 6.92 Å². The molecule has 0 spiro atoms. The highest BCUT2D eigenvalue weighted by atomic mass is 35.5. The van der Waals surface area contributed by atoms with Crippen molar-refractivity contribution < 1.29 is 18.8 Å². The molecule has 2 aromatic carbocycles. The molecule has 3 amide bonds. The molecule has 0 unspecified atom stereocenters. The number of furan rings is 1. The zero-order chi connectivity index (χ0) is 27.4. The SMILES string of the molecule is Cc1cnc(Cl)c(C(=O)Nc2ccc(C3CCN(C(=O)c4ccc(NC(=O)c5ccco5)cc4)CC3)cc2)c1. The molecule has 4 aromatic rings. The number of carbonyl (C=O) groups excluding carboxylic acids is 3. The van der Waals surface area contributed by atoms with Gasteiger partial charge in [0, 0.05) is 36.2 Å². The van der Waals surface area contributed by atoms with Crippen LogP contribution in [0.15, 0.2) is 83.6 Å². The number of hydrogen-bond acceptors (Lipinski definition) is 5. The standard InChI is InChI=1S/C30H27ClN4O4/c1-19-17-25(27(31)32-18-19)28(36)33-23-8-4-20(5-9-23)21-12-14-35(15-13-21)30(38)22-6-10-24(11-7-22)34-29(37)26-3-2-16-39-26/h2-11,16-18,21H,12-15H2,1H3,(H,33,36)(H,34,37). The van der Waals surface area contributed by atoms with Crippen molar-refractivity contribution in [2.75, 3.05) is 23.7 Å². The molecule has 1 fully saturated rings. The molecular formula is C30H27ClN4O4. The molecule has 0 aliphatic carbocycles. The third kappa shape index (κ3) is 6.18. The van der Waals surface area contributed by atoms with Crippen molar-refractivity contribution in [3.63, 3.8) is 0 Å². The summed E-state index contributed by atoms with van der Waals surface area (Å²) >= 11 is 6.08. The minimum absolute atomic E-state index is 0.0280. The normalized spacial score (nSPS) is 13.6. The van der Waals surface area contributed by atoms with Crippen LogP contribution in [0.2, 0.25) is 5.15 Å². The summed E-state index contributed by atoms with van der Waals surface area (Å²) in [5, 5.41) is 5.80. The summed E-state index contributed by atoms with van der Waals surface area (Å²) in [5.74, 6) is -0.122. The number of carbonyl (C=O) groups is 3. The first-order valence-electron chi connectivity index (χ1n) is 12.6. The van der Waals surface area contributed by atoms with Crippen molar-refractivity contribution in [1.82, 2.24) is 9.88 Å². The number of amides is 3. The summed E-state index contributed by atoms with van der Waals surface area (Å²) in [6.45, 7) is 3.16. The van der Waals surface area contributed by atoms with E-state index in [9.17, 15) is 14.4 Å². The fourth-order valence-electron chi connectivity index (χ4n) is 4.64. The van der Waals surface area contributed by atoms with Gasteiger partial charge < -0.3 is 20.0 Å². The van der Waals surface area contributed by atoms with Crippen LogP contribution in [0.3, 0.4) is 0 Å². The number of nitrogens with one attached hydrogen (secondary N) is 2. The van der Waals surface area contributed by atoms with Gasteiger partial charge in [0.05, 0.1) is 11.8 Å². The Morgan fingerprint density at radius 1 is 0.923 bits per heavy atom. The summed E-state index contributed by atoms with van der Waals surface area (Å²) in [6, 6.07) is 19.6. The Kier molecular flexibility index (Phi) is 7.74. The highest BCUT2D eigenvalue weighted by Crippen LogP contribution is 2.30. The number of halogens is 1. The molecule has 0 saturated carbocycles. The maximum absolute atomic E-state index is 13.0. The van der Waals surface area contributed by atoms with Crippen LogP contribution >= 0.6 is 11.6 Å². The second-order valence-electron chi connectivity index (χ2n) is 9.50. The van der Waals surface area contributed by atoms with Crippen LogP contribution in [-0.2, 0) is 0 Å². The van der Waals surface area contributed by atoms with Crippen molar-refractivity contribution in [2.45, 2.75) is 25.7 Å². The first-order chi connectivity index (χ1) is 18.9. The summed E-state index contributed by atoms with van der Waals surface area (Å²) in [5.41, 5.74) is 4.21. The van der Waals surface area contributed by atoms with E-state index in [-0.39, 0.29) is 28.6 Å². The summed E-state index contributed by atoms with van der Waals surface area (Å²) < 4.78 is 5.10. The van der Waals surface area contributed by atoms with Crippen LogP contribution in [0.4, 0.5) is 11.4 Å². The van der Waals surface area contributed by atoms with Gasteiger partial charge in [-0.3, -0.25) is 14.4 Å². The predicted octanol–water partition coefficient (Wildman–Crippen LogP) is 6.16. The molecule has 5 rings (SSSR count). The van der Waals surface area contributed by atoms with Gasteiger partial charge in [-0.15, -0.1) is 0 Å². The summed E-state index contributed by atoms with van der Waals surface area (Å²) in [7, 11) is 0. The number of aromatic nitrogens is 1. The number of benzene rings is 2. The average Bonchev–Trinajstić information content (AvgIpc) is 3.50. The molecule has 0 atom stereocenters. The Labute approximate surface area is 231 Å². The third-order valence-electron chi connectivity index (χ3n) is 6.78. The van der Waals surface area contributed by atoms with Gasteiger partial charge in [-0.1, -0.05) is 23.7 Å². The minimum Gasteiger partial charge on any atom is -0.459 e. The molecule has 1 saturated heterocycles. The Balaban J connectivity index is 1.13. The highest BCUT2D eigenvalue weighted by Gasteiger charge is 2.25. The Bertz CT molecular complexity index is 1480. The Hall–Kier alpha value is -4.43. The van der Waals surface area contributed by atoms with Gasteiger partial charge >= 0.3 is 0 Å². The van der Waals surface area contributed by atoms with Crippen molar-refractivity contribution in [3.8, 4) is 0 Å². The molecule has 1 aliphatic rings. The first kappa shape index (κ1) is 26.2. The maximum Gasteiger partial charge on any atom is 0.291 e. The number of pyridine rings is 1. The fraction of sp³-hybridized carbons (Fsp3) is 0.200. The van der Waals surface area contributed by atoms with E-state index in [1.54, 1.807) is 48.7 Å². The Morgan fingerprint density at radius 3 is 2.21 bits per heavy atom. The molecule has 198 valence electrons. The third-order valence-corrected chi connectivity index (χ3v) is 7.08. The second kappa shape index (κ2) is 11.5. The Morgan fingerprint density at radius 2 is 1.56 bits per heavy atom. The summed E-state index contributed by atoms with van der Waals surface area (Å²) in [6.07, 6.45) is 4.75. The number of piperidine rings is 1. The number of anilines is 2. The quantitative estimate of drug-likeness (QED) is 0.284. The lowest BCUT2D eigenvalue weighted by Gasteiger charge is -2.32. The number of likely N-dealkylation sites (tertiary alicyclic amines) is 1. The molecule has 2 N–H and O–H groups in total. The molecule has 2 aromatic heterocycles. The number of nitrogens with zero attached hydrogens (tertiary/aromatic N) is 2. The maximum atomic E-state index is 13.0. The van der Waals surface area contributed by atoms with E-state index in [1.165, 1.54) is 11.8 Å². The van der Waals surface area contributed by atoms with E-state index in [0.29, 0.717) is 41.5 Å². The van der Waals surface area contributed by atoms with Crippen molar-refractivity contribution in [2.24, 2.45) is 0 Å². The molecule has 8 nitrogen and oxygen atoms in total. The molecule has 0 bridgehead atoms. The number of rotatable bonds is 6. The molecule has 0 radical (unpaired) electrons. The van der Waals surface area contributed by atoms with E-state index in [4.69, 9.17) is 16.0 Å². The van der Waals surface area contributed by atoms with E-state index in [0.717, 1.165) is 18.4 Å². The predicted molar refractivity (Wildman–Crippen MR) is 149 cm³/mol. The molecule has 39 heavy (non-hydrogen) atoms. The minimum atomic E-state index is -0.343. The van der Waals surface area contributed by atoms with E-state index >= 15 is 0 Å². The van der Waals surface area contributed by atoms with Gasteiger partial charge in [0.2, 0.25) is 0 Å². The molecule has 3 heterocycles.